The van der Waals surface area contributed by atoms with Crippen LogP contribution in [0.15, 0.2) is 70.4 Å². The maximum Gasteiger partial charge on any atom is 0.272 e. The molecule has 0 saturated carbocycles. The molecule has 1 aromatic heterocycles. The van der Waals surface area contributed by atoms with Crippen LogP contribution >= 0.6 is 11.8 Å². The number of benzene rings is 3. The highest BCUT2D eigenvalue weighted by molar-refractivity contribution is 7.99. The molecule has 4 amide bonds. The molecule has 0 aliphatic carbocycles. The van der Waals surface area contributed by atoms with Gasteiger partial charge in [0.25, 0.3) is 17.4 Å². The van der Waals surface area contributed by atoms with E-state index in [-0.39, 0.29) is 35.3 Å². The molecule has 2 saturated heterocycles. The number of halogens is 1. The lowest BCUT2D eigenvalue weighted by Crippen LogP contribution is -2.52. The molecule has 1 atom stereocenters. The average molecular weight is 697 g/mol. The number of aromatic nitrogens is 2. The molecule has 3 aliphatic rings. The van der Waals surface area contributed by atoms with Gasteiger partial charge in [-0.25, -0.2) is 9.49 Å². The van der Waals surface area contributed by atoms with Crippen molar-refractivity contribution in [2.24, 2.45) is 0 Å². The molecule has 258 valence electrons. The fraction of sp³-hybridized carbons (Fsp3) is 0.351. The van der Waals surface area contributed by atoms with Gasteiger partial charge in [0, 0.05) is 61.4 Å². The molecule has 3 aliphatic heterocycles. The van der Waals surface area contributed by atoms with Gasteiger partial charge in [-0.15, -0.1) is 11.8 Å². The summed E-state index contributed by atoms with van der Waals surface area (Å²) in [4.78, 5) is 69.3. The van der Waals surface area contributed by atoms with Crippen molar-refractivity contribution in [3.63, 3.8) is 0 Å². The lowest BCUT2D eigenvalue weighted by Gasteiger charge is -2.35. The third-order valence-electron chi connectivity index (χ3n) is 9.73. The van der Waals surface area contributed by atoms with Gasteiger partial charge in [-0.1, -0.05) is 30.3 Å². The second-order valence-corrected chi connectivity index (χ2v) is 14.0. The largest absolute Gasteiger partial charge is 0.336 e. The molecule has 0 radical (unpaired) electrons. The molecule has 4 heterocycles. The molecule has 2 fully saturated rings. The predicted octanol–water partition coefficient (Wildman–Crippen LogP) is 3.74. The number of fused-ring (bicyclic) bond motifs is 2. The monoisotopic (exact) mass is 696 g/mol. The van der Waals surface area contributed by atoms with Crippen LogP contribution in [0.1, 0.15) is 63.2 Å². The van der Waals surface area contributed by atoms with E-state index in [0.717, 1.165) is 46.5 Å². The Bertz CT molecular complexity index is 2040. The number of nitrogens with one attached hydrogen (secondary N) is 2. The second kappa shape index (κ2) is 14.5. The van der Waals surface area contributed by atoms with Gasteiger partial charge in [0.05, 0.1) is 16.6 Å². The number of hydrogen-bond acceptors (Lipinski definition) is 8. The van der Waals surface area contributed by atoms with E-state index in [4.69, 9.17) is 0 Å². The number of piperazine rings is 1. The summed E-state index contributed by atoms with van der Waals surface area (Å²) in [6, 6.07) is 16.8. The summed E-state index contributed by atoms with van der Waals surface area (Å²) in [6.45, 7) is 3.69. The van der Waals surface area contributed by atoms with Crippen LogP contribution in [0.2, 0.25) is 0 Å². The van der Waals surface area contributed by atoms with Crippen molar-refractivity contribution in [2.45, 2.75) is 49.6 Å². The van der Waals surface area contributed by atoms with E-state index in [1.165, 1.54) is 6.07 Å². The molecular formula is C37H37FN6O5S. The Kier molecular flexibility index (Phi) is 9.77. The molecule has 1 unspecified atom stereocenters. The molecule has 0 spiro atoms. The fourth-order valence-electron chi connectivity index (χ4n) is 7.00. The smallest absolute Gasteiger partial charge is 0.272 e. The molecule has 4 aromatic rings. The summed E-state index contributed by atoms with van der Waals surface area (Å²) in [5.74, 6) is -0.885. The first-order valence-corrected chi connectivity index (χ1v) is 17.9. The Hall–Kier alpha value is -4.88. The number of amides is 4. The van der Waals surface area contributed by atoms with Crippen LogP contribution in [-0.4, -0.2) is 93.0 Å². The number of thioether (sulfide) groups is 1. The van der Waals surface area contributed by atoms with Gasteiger partial charge in [-0.3, -0.25) is 34.2 Å². The first-order chi connectivity index (χ1) is 24.3. The number of H-pyrrole nitrogens is 1. The zero-order valence-electron chi connectivity index (χ0n) is 27.5. The van der Waals surface area contributed by atoms with Crippen LogP contribution in [0, 0.1) is 5.82 Å². The summed E-state index contributed by atoms with van der Waals surface area (Å²) < 4.78 is 14.9. The molecule has 0 bridgehead atoms. The molecule has 13 heteroatoms. The molecule has 7 rings (SSSR count). The minimum atomic E-state index is -0.627. The van der Waals surface area contributed by atoms with Crippen molar-refractivity contribution in [2.75, 3.05) is 38.5 Å². The topological polar surface area (TPSA) is 136 Å². The Balaban J connectivity index is 0.877. The van der Waals surface area contributed by atoms with Gasteiger partial charge in [-0.2, -0.15) is 5.10 Å². The third-order valence-corrected chi connectivity index (χ3v) is 10.9. The summed E-state index contributed by atoms with van der Waals surface area (Å²) in [5.41, 5.74) is 2.71. The zero-order valence-corrected chi connectivity index (χ0v) is 28.3. The number of aromatic amines is 1. The van der Waals surface area contributed by atoms with Crippen molar-refractivity contribution >= 4 is 46.2 Å². The average Bonchev–Trinajstić information content (AvgIpc) is 3.46. The molecule has 2 N–H and O–H groups in total. The zero-order chi connectivity index (χ0) is 34.8. The first kappa shape index (κ1) is 33.6. The van der Waals surface area contributed by atoms with E-state index in [9.17, 15) is 28.4 Å². The number of carbonyl (C=O) groups is 4. The Morgan fingerprint density at radius 3 is 2.54 bits per heavy atom. The number of carbonyl (C=O) groups excluding carboxylic acids is 4. The summed E-state index contributed by atoms with van der Waals surface area (Å²) in [5, 5.41) is 10.4. The fourth-order valence-corrected chi connectivity index (χ4v) is 8.09. The van der Waals surface area contributed by atoms with Gasteiger partial charge < -0.3 is 9.80 Å². The van der Waals surface area contributed by atoms with Crippen molar-refractivity contribution in [3.8, 4) is 0 Å². The minimum absolute atomic E-state index is 0.0380. The Labute approximate surface area is 292 Å². The Morgan fingerprint density at radius 1 is 0.940 bits per heavy atom. The standard InChI is InChI=1S/C37H37FN6O5S/c38-29-11-10-23(21-30-24-6-1-2-7-25(24)34(46)41-40-30)20-27(29)36(48)43-17-15-42(16-18-43)14-3-4-19-50-32-9-5-8-26-28(32)22-44(37(26)49)31-12-13-33(45)39-35(31)47/h1-2,5-11,20,31H,3-4,12-19,21-22H2,(H,41,46)(H,39,45,47). The number of nitrogens with zero attached hydrogens (tertiary/aromatic N) is 4. The van der Waals surface area contributed by atoms with Gasteiger partial charge in [0.15, 0.2) is 0 Å². The Morgan fingerprint density at radius 2 is 1.74 bits per heavy atom. The number of unbranched alkanes of at least 4 members (excludes halogenated alkanes) is 1. The predicted molar refractivity (Wildman–Crippen MR) is 186 cm³/mol. The highest BCUT2D eigenvalue weighted by Crippen LogP contribution is 2.34. The minimum Gasteiger partial charge on any atom is -0.336 e. The van der Waals surface area contributed by atoms with Crippen LogP contribution in [0.25, 0.3) is 10.8 Å². The van der Waals surface area contributed by atoms with E-state index >= 15 is 0 Å². The molecule has 50 heavy (non-hydrogen) atoms. The highest BCUT2D eigenvalue weighted by Gasteiger charge is 2.39. The van der Waals surface area contributed by atoms with Crippen LogP contribution in [0.5, 0.6) is 0 Å². The van der Waals surface area contributed by atoms with Crippen molar-refractivity contribution in [1.29, 1.82) is 0 Å². The highest BCUT2D eigenvalue weighted by atomic mass is 32.2. The summed E-state index contributed by atoms with van der Waals surface area (Å²) in [7, 11) is 0. The van der Waals surface area contributed by atoms with Crippen LogP contribution in [-0.2, 0) is 22.6 Å². The van der Waals surface area contributed by atoms with E-state index in [1.54, 1.807) is 51.9 Å². The van der Waals surface area contributed by atoms with Crippen LogP contribution in [0.3, 0.4) is 0 Å². The number of hydrogen-bond donors (Lipinski definition) is 2. The lowest BCUT2D eigenvalue weighted by molar-refractivity contribution is -0.136. The van der Waals surface area contributed by atoms with Gasteiger partial charge >= 0.3 is 0 Å². The lowest BCUT2D eigenvalue weighted by atomic mass is 10.0. The van der Waals surface area contributed by atoms with E-state index in [0.29, 0.717) is 62.2 Å². The van der Waals surface area contributed by atoms with Crippen molar-refractivity contribution in [3.05, 3.63) is 105 Å². The molecular weight excluding hydrogens is 660 g/mol. The molecule has 3 aromatic carbocycles. The van der Waals surface area contributed by atoms with E-state index in [1.807, 2.05) is 24.3 Å². The summed E-state index contributed by atoms with van der Waals surface area (Å²) >= 11 is 1.71. The SMILES string of the molecule is O=C1CCC(N2Cc3c(SCCCCN4CCN(C(=O)c5cc(Cc6n[nH]c(=O)c7ccccc67)ccc5F)CC4)cccc3C2=O)C(=O)N1. The van der Waals surface area contributed by atoms with Gasteiger partial charge in [-0.05, 0) is 73.0 Å². The second-order valence-electron chi connectivity index (χ2n) is 12.9. The van der Waals surface area contributed by atoms with Gasteiger partial charge in [0.1, 0.15) is 11.9 Å². The number of imide groups is 1. The summed E-state index contributed by atoms with van der Waals surface area (Å²) in [6.07, 6.45) is 2.86. The first-order valence-electron chi connectivity index (χ1n) is 16.9. The quantitative estimate of drug-likeness (QED) is 0.146. The normalized spacial score (nSPS) is 18.1. The third kappa shape index (κ3) is 6.92. The van der Waals surface area contributed by atoms with Crippen LogP contribution in [0.4, 0.5) is 4.39 Å². The van der Waals surface area contributed by atoms with E-state index < -0.39 is 17.8 Å². The number of piperidine rings is 1. The molecule has 11 nitrogen and oxygen atoms in total. The van der Waals surface area contributed by atoms with Crippen LogP contribution < -0.4 is 10.9 Å². The van der Waals surface area contributed by atoms with Crippen molar-refractivity contribution < 1.29 is 23.6 Å². The maximum absolute atomic E-state index is 14.9. The van der Waals surface area contributed by atoms with E-state index in [2.05, 4.69) is 20.4 Å². The maximum atomic E-state index is 14.9. The van der Waals surface area contributed by atoms with Crippen molar-refractivity contribution in [1.82, 2.24) is 30.2 Å². The van der Waals surface area contributed by atoms with Gasteiger partial charge in [0.2, 0.25) is 11.8 Å². The number of rotatable bonds is 10.